The van der Waals surface area contributed by atoms with E-state index in [9.17, 15) is 13.2 Å². The number of piperidine rings is 1. The average Bonchev–Trinajstić information content (AvgIpc) is 2.04. The molecule has 0 aromatic heterocycles. The third-order valence-electron chi connectivity index (χ3n) is 2.13. The fourth-order valence-corrected chi connectivity index (χ4v) is 2.25. The molecule has 13 heavy (non-hydrogen) atoms. The van der Waals surface area contributed by atoms with Gasteiger partial charge in [0, 0.05) is 13.1 Å². The topological polar surface area (TPSA) is 66.8 Å². The number of hydrogen-bond donors (Lipinski definition) is 0. The van der Waals surface area contributed by atoms with Crippen molar-refractivity contribution in [3.63, 3.8) is 0 Å². The second-order valence-corrected chi connectivity index (χ2v) is 5.10. The molecule has 0 radical (unpaired) electrons. The Morgan fingerprint density at radius 2 is 1.92 bits per heavy atom. The van der Waals surface area contributed by atoms with Crippen LogP contribution in [0, 0.1) is 0 Å². The fraction of sp³-hybridized carbons (Fsp3) is 0.857. The maximum Gasteiger partial charge on any atom is 0.235 e. The Hall–Kier alpha value is -0.710. The first-order chi connectivity index (χ1) is 6.04. The Balaban J connectivity index is 2.53. The van der Waals surface area contributed by atoms with E-state index in [0.717, 1.165) is 0 Å². The summed E-state index contributed by atoms with van der Waals surface area (Å²) in [6, 6.07) is -0.0458. The van der Waals surface area contributed by atoms with Crippen molar-refractivity contribution in [1.82, 2.24) is 4.31 Å². The summed E-state index contributed by atoms with van der Waals surface area (Å²) in [5.74, 6) is 0. The lowest BCUT2D eigenvalue weighted by atomic mass is 10.1. The lowest BCUT2D eigenvalue weighted by Crippen LogP contribution is -2.38. The molecule has 0 bridgehead atoms. The highest BCUT2D eigenvalue weighted by molar-refractivity contribution is 7.88. The van der Waals surface area contributed by atoms with Crippen molar-refractivity contribution in [2.24, 2.45) is 4.99 Å². The third-order valence-corrected chi connectivity index (χ3v) is 3.43. The van der Waals surface area contributed by atoms with E-state index in [2.05, 4.69) is 4.99 Å². The molecule has 0 amide bonds. The van der Waals surface area contributed by atoms with Gasteiger partial charge in [-0.3, -0.25) is 0 Å². The summed E-state index contributed by atoms with van der Waals surface area (Å²) in [5.41, 5.74) is 0. The molecule has 1 aliphatic rings. The minimum atomic E-state index is -3.07. The summed E-state index contributed by atoms with van der Waals surface area (Å²) in [7, 11) is -3.07. The number of isocyanates is 1. The lowest BCUT2D eigenvalue weighted by Gasteiger charge is -2.27. The Morgan fingerprint density at radius 1 is 1.38 bits per heavy atom. The molecular formula is C7H12N2O3S. The molecule has 1 heterocycles. The lowest BCUT2D eigenvalue weighted by molar-refractivity contribution is 0.322. The fourth-order valence-electron chi connectivity index (χ4n) is 1.38. The maximum absolute atomic E-state index is 11.1. The van der Waals surface area contributed by atoms with Gasteiger partial charge >= 0.3 is 0 Å². The summed E-state index contributed by atoms with van der Waals surface area (Å²) in [5, 5.41) is 0. The molecule has 0 unspecified atom stereocenters. The first-order valence-corrected chi connectivity index (χ1v) is 5.91. The molecule has 0 atom stereocenters. The Labute approximate surface area is 77.5 Å². The van der Waals surface area contributed by atoms with Crippen molar-refractivity contribution in [2.45, 2.75) is 18.9 Å². The zero-order valence-electron chi connectivity index (χ0n) is 7.43. The molecule has 1 saturated heterocycles. The Morgan fingerprint density at radius 3 is 2.31 bits per heavy atom. The molecule has 1 fully saturated rings. The summed E-state index contributed by atoms with van der Waals surface area (Å²) in [6.07, 6.45) is 3.92. The number of sulfonamides is 1. The van der Waals surface area contributed by atoms with Gasteiger partial charge in [0.1, 0.15) is 0 Å². The van der Waals surface area contributed by atoms with E-state index >= 15 is 0 Å². The van der Waals surface area contributed by atoms with Crippen molar-refractivity contribution in [1.29, 1.82) is 0 Å². The molecule has 0 saturated carbocycles. The Kier molecular flexibility index (Phi) is 3.19. The number of rotatable bonds is 2. The van der Waals surface area contributed by atoms with E-state index in [4.69, 9.17) is 0 Å². The summed E-state index contributed by atoms with van der Waals surface area (Å²) in [4.78, 5) is 13.5. The summed E-state index contributed by atoms with van der Waals surface area (Å²) < 4.78 is 23.5. The zero-order valence-corrected chi connectivity index (χ0v) is 8.25. The van der Waals surface area contributed by atoms with Crippen LogP contribution < -0.4 is 0 Å². The molecule has 0 aromatic rings. The normalized spacial score (nSPS) is 21.0. The van der Waals surface area contributed by atoms with Crippen LogP contribution in [-0.2, 0) is 14.8 Å². The zero-order chi connectivity index (χ0) is 9.90. The molecule has 74 valence electrons. The third kappa shape index (κ3) is 2.91. The monoisotopic (exact) mass is 204 g/mol. The van der Waals surface area contributed by atoms with E-state index in [1.165, 1.54) is 16.6 Å². The van der Waals surface area contributed by atoms with Crippen molar-refractivity contribution in [2.75, 3.05) is 19.3 Å². The van der Waals surface area contributed by atoms with Crippen LogP contribution in [0.2, 0.25) is 0 Å². The summed E-state index contributed by atoms with van der Waals surface area (Å²) >= 11 is 0. The molecule has 6 heteroatoms. The summed E-state index contributed by atoms with van der Waals surface area (Å²) in [6.45, 7) is 0.906. The number of nitrogens with zero attached hydrogens (tertiary/aromatic N) is 2. The van der Waals surface area contributed by atoms with Crippen molar-refractivity contribution in [3.8, 4) is 0 Å². The minimum absolute atomic E-state index is 0.0458. The van der Waals surface area contributed by atoms with E-state index in [-0.39, 0.29) is 6.04 Å². The van der Waals surface area contributed by atoms with Gasteiger partial charge in [0.15, 0.2) is 0 Å². The number of carbonyl (C=O) groups excluding carboxylic acids is 1. The first kappa shape index (κ1) is 10.4. The van der Waals surface area contributed by atoms with Crippen LogP contribution in [0.25, 0.3) is 0 Å². The predicted octanol–water partition coefficient (Wildman–Crippen LogP) is -0.254. The smallest absolute Gasteiger partial charge is 0.213 e. The molecule has 1 aliphatic heterocycles. The quantitative estimate of drug-likeness (QED) is 0.460. The van der Waals surface area contributed by atoms with E-state index in [1.54, 1.807) is 0 Å². The van der Waals surface area contributed by atoms with Crippen LogP contribution in [0.5, 0.6) is 0 Å². The van der Waals surface area contributed by atoms with Gasteiger partial charge in [0.05, 0.1) is 12.3 Å². The molecule has 0 aromatic carbocycles. The highest BCUT2D eigenvalue weighted by atomic mass is 32.2. The standard InChI is InChI=1S/C7H12N2O3S/c1-13(11,12)9-4-2-7(3-5-9)8-6-10/h7H,2-5H2,1H3. The van der Waals surface area contributed by atoms with Crippen molar-refractivity contribution >= 4 is 16.1 Å². The highest BCUT2D eigenvalue weighted by Crippen LogP contribution is 2.15. The van der Waals surface area contributed by atoms with Crippen LogP contribution in [0.15, 0.2) is 4.99 Å². The van der Waals surface area contributed by atoms with Crippen LogP contribution in [-0.4, -0.2) is 44.2 Å². The molecule has 0 aliphatic carbocycles. The van der Waals surface area contributed by atoms with Crippen LogP contribution in [0.4, 0.5) is 0 Å². The van der Waals surface area contributed by atoms with Crippen LogP contribution in [0.1, 0.15) is 12.8 Å². The van der Waals surface area contributed by atoms with Gasteiger partial charge in [-0.05, 0) is 12.8 Å². The van der Waals surface area contributed by atoms with Gasteiger partial charge < -0.3 is 0 Å². The van der Waals surface area contributed by atoms with Gasteiger partial charge in [-0.25, -0.2) is 22.5 Å². The highest BCUT2D eigenvalue weighted by Gasteiger charge is 2.24. The van der Waals surface area contributed by atoms with Gasteiger partial charge in [-0.1, -0.05) is 0 Å². The number of hydrogen-bond acceptors (Lipinski definition) is 4. The van der Waals surface area contributed by atoms with Crippen LogP contribution >= 0.6 is 0 Å². The Bertz CT molecular complexity index is 311. The van der Waals surface area contributed by atoms with E-state index in [1.807, 2.05) is 0 Å². The second kappa shape index (κ2) is 4.00. The van der Waals surface area contributed by atoms with Crippen molar-refractivity contribution < 1.29 is 13.2 Å². The van der Waals surface area contributed by atoms with Gasteiger partial charge in [0.2, 0.25) is 16.1 Å². The van der Waals surface area contributed by atoms with E-state index < -0.39 is 10.0 Å². The van der Waals surface area contributed by atoms with Gasteiger partial charge in [-0.2, -0.15) is 0 Å². The predicted molar refractivity (Wildman–Crippen MR) is 47.6 cm³/mol. The largest absolute Gasteiger partial charge is 0.235 e. The maximum atomic E-state index is 11.1. The second-order valence-electron chi connectivity index (χ2n) is 3.11. The van der Waals surface area contributed by atoms with Crippen molar-refractivity contribution in [3.05, 3.63) is 0 Å². The molecule has 5 nitrogen and oxygen atoms in total. The average molecular weight is 204 g/mol. The number of aliphatic imine (C=N–C) groups is 1. The van der Waals surface area contributed by atoms with Gasteiger partial charge in [-0.15, -0.1) is 0 Å². The molecule has 0 spiro atoms. The molecule has 0 N–H and O–H groups in total. The SMILES string of the molecule is CS(=O)(=O)N1CCC(N=C=O)CC1. The van der Waals surface area contributed by atoms with Crippen LogP contribution in [0.3, 0.4) is 0 Å². The van der Waals surface area contributed by atoms with Gasteiger partial charge in [0.25, 0.3) is 0 Å². The first-order valence-electron chi connectivity index (χ1n) is 4.06. The molecular weight excluding hydrogens is 192 g/mol. The minimum Gasteiger partial charge on any atom is -0.213 e. The molecule has 1 rings (SSSR count). The van der Waals surface area contributed by atoms with E-state index in [0.29, 0.717) is 25.9 Å².